The van der Waals surface area contributed by atoms with Crippen molar-refractivity contribution in [3.63, 3.8) is 0 Å². The molecule has 0 aliphatic heterocycles. The molecular formula is C32H42ClN3O6. The van der Waals surface area contributed by atoms with E-state index in [1.54, 1.807) is 24.3 Å². The first kappa shape index (κ1) is 31.8. The van der Waals surface area contributed by atoms with Gasteiger partial charge in [-0.2, -0.15) is 0 Å². The van der Waals surface area contributed by atoms with Crippen molar-refractivity contribution in [1.82, 2.24) is 16.0 Å². The second-order valence-corrected chi connectivity index (χ2v) is 12.2. The Morgan fingerprint density at radius 3 is 2.40 bits per heavy atom. The molecule has 9 nitrogen and oxygen atoms in total. The molecule has 0 saturated heterocycles. The number of benzene rings is 2. The molecule has 2 aliphatic carbocycles. The van der Waals surface area contributed by atoms with Gasteiger partial charge in [0.2, 0.25) is 11.8 Å². The van der Waals surface area contributed by atoms with Crippen LogP contribution in [0, 0.1) is 5.92 Å². The summed E-state index contributed by atoms with van der Waals surface area (Å²) in [6.07, 6.45) is 6.94. The summed E-state index contributed by atoms with van der Waals surface area (Å²) in [5.74, 6) is -0.666. The lowest BCUT2D eigenvalue weighted by Gasteiger charge is -2.31. The van der Waals surface area contributed by atoms with Crippen LogP contribution in [-0.2, 0) is 27.4 Å². The second kappa shape index (κ2) is 14.8. The summed E-state index contributed by atoms with van der Waals surface area (Å²) < 4.78 is 5.33. The topological polar surface area (TPSA) is 137 Å². The van der Waals surface area contributed by atoms with Crippen molar-refractivity contribution in [3.8, 4) is 0 Å². The van der Waals surface area contributed by atoms with Crippen molar-refractivity contribution in [2.75, 3.05) is 6.61 Å². The first-order valence-corrected chi connectivity index (χ1v) is 15.2. The maximum Gasteiger partial charge on any atom is 0.408 e. The minimum absolute atomic E-state index is 0.0222. The van der Waals surface area contributed by atoms with E-state index in [0.717, 1.165) is 56.9 Å². The third kappa shape index (κ3) is 10.00. The predicted molar refractivity (Wildman–Crippen MR) is 159 cm³/mol. The summed E-state index contributed by atoms with van der Waals surface area (Å²) >= 11 is 6.00. The highest BCUT2D eigenvalue weighted by molar-refractivity contribution is 6.30. The summed E-state index contributed by atoms with van der Waals surface area (Å²) in [6, 6.07) is 15.9. The number of aliphatic hydroxyl groups is 2. The lowest BCUT2D eigenvalue weighted by molar-refractivity contribution is -0.137. The molecule has 0 spiro atoms. The van der Waals surface area contributed by atoms with Crippen molar-refractivity contribution in [3.05, 3.63) is 70.7 Å². The third-order valence-electron chi connectivity index (χ3n) is 8.19. The van der Waals surface area contributed by atoms with Gasteiger partial charge in [-0.15, -0.1) is 0 Å². The van der Waals surface area contributed by atoms with Crippen molar-refractivity contribution >= 4 is 29.5 Å². The zero-order chi connectivity index (χ0) is 30.0. The Morgan fingerprint density at radius 1 is 1.02 bits per heavy atom. The average Bonchev–Trinajstić information content (AvgIpc) is 3.74. The van der Waals surface area contributed by atoms with Crippen LogP contribution in [-0.4, -0.2) is 52.0 Å². The quantitative estimate of drug-likeness (QED) is 0.205. The standard InChI is InChI=1S/C32H42ClN3O6/c33-26-13-7-12-25(18-26)21-42-30(40)34-27(19-23-8-3-1-4-9-23)29(39)36-32(41,22-37)15-14-28(38)35-31(16-17-31)20-24-10-5-2-6-11-24/h2,5-7,10-13,18,23,27,37,41H,1,3-4,8-9,14-17,19-22H2,(H,34,40)(H,35,38)(H,36,39)/t27-,32?/m0/s1. The molecule has 0 aromatic heterocycles. The summed E-state index contributed by atoms with van der Waals surface area (Å²) in [5, 5.41) is 29.8. The van der Waals surface area contributed by atoms with Crippen LogP contribution >= 0.6 is 11.6 Å². The number of carbonyl (C=O) groups excluding carboxylic acids is 3. The van der Waals surface area contributed by atoms with Gasteiger partial charge in [0, 0.05) is 23.4 Å². The summed E-state index contributed by atoms with van der Waals surface area (Å²) in [7, 11) is 0. The molecule has 2 atom stereocenters. The van der Waals surface area contributed by atoms with Gasteiger partial charge in [0.05, 0.1) is 6.61 Å². The number of ether oxygens (including phenoxy) is 1. The smallest absolute Gasteiger partial charge is 0.408 e. The third-order valence-corrected chi connectivity index (χ3v) is 8.42. The average molecular weight is 600 g/mol. The molecule has 228 valence electrons. The number of hydrogen-bond donors (Lipinski definition) is 5. The molecule has 0 heterocycles. The second-order valence-electron chi connectivity index (χ2n) is 11.8. The fourth-order valence-corrected chi connectivity index (χ4v) is 5.82. The van der Waals surface area contributed by atoms with E-state index in [9.17, 15) is 24.6 Å². The zero-order valence-electron chi connectivity index (χ0n) is 23.9. The van der Waals surface area contributed by atoms with Crippen LogP contribution in [0.1, 0.15) is 75.3 Å². The molecule has 0 radical (unpaired) electrons. The molecule has 3 amide bonds. The fourth-order valence-electron chi connectivity index (χ4n) is 5.61. The minimum atomic E-state index is -2.03. The summed E-state index contributed by atoms with van der Waals surface area (Å²) in [5.41, 5.74) is -0.478. The van der Waals surface area contributed by atoms with Crippen LogP contribution < -0.4 is 16.0 Å². The lowest BCUT2D eigenvalue weighted by atomic mass is 9.84. The van der Waals surface area contributed by atoms with Crippen LogP contribution in [0.2, 0.25) is 5.02 Å². The highest BCUT2D eigenvalue weighted by Gasteiger charge is 2.44. The van der Waals surface area contributed by atoms with Gasteiger partial charge >= 0.3 is 6.09 Å². The molecule has 0 bridgehead atoms. The Labute approximate surface area is 252 Å². The van der Waals surface area contributed by atoms with Gasteiger partial charge in [-0.1, -0.05) is 86.2 Å². The maximum absolute atomic E-state index is 13.4. The van der Waals surface area contributed by atoms with Crippen LogP contribution in [0.4, 0.5) is 4.79 Å². The van der Waals surface area contributed by atoms with E-state index in [4.69, 9.17) is 16.3 Å². The van der Waals surface area contributed by atoms with E-state index < -0.39 is 30.4 Å². The number of hydrogen-bond acceptors (Lipinski definition) is 6. The molecule has 2 fully saturated rings. The van der Waals surface area contributed by atoms with Gasteiger partial charge < -0.3 is 30.9 Å². The number of carbonyl (C=O) groups is 3. The summed E-state index contributed by atoms with van der Waals surface area (Å²) in [4.78, 5) is 38.8. The first-order valence-electron chi connectivity index (χ1n) is 14.9. The maximum atomic E-state index is 13.4. The van der Waals surface area contributed by atoms with Crippen molar-refractivity contribution in [2.24, 2.45) is 5.92 Å². The fraction of sp³-hybridized carbons (Fsp3) is 0.531. The first-order chi connectivity index (χ1) is 20.2. The van der Waals surface area contributed by atoms with Gasteiger partial charge in [0.1, 0.15) is 12.6 Å². The van der Waals surface area contributed by atoms with Gasteiger partial charge in [-0.3, -0.25) is 9.59 Å². The largest absolute Gasteiger partial charge is 0.445 e. The van der Waals surface area contributed by atoms with Crippen LogP contribution in [0.5, 0.6) is 0 Å². The molecule has 2 saturated carbocycles. The number of aliphatic hydroxyl groups excluding tert-OH is 1. The van der Waals surface area contributed by atoms with Crippen molar-refractivity contribution in [1.29, 1.82) is 0 Å². The van der Waals surface area contributed by atoms with E-state index in [0.29, 0.717) is 17.0 Å². The Bertz CT molecular complexity index is 1200. The molecule has 2 aromatic rings. The molecule has 1 unspecified atom stereocenters. The van der Waals surface area contributed by atoms with Crippen LogP contribution in [0.25, 0.3) is 0 Å². The lowest BCUT2D eigenvalue weighted by Crippen LogP contribution is -2.58. The highest BCUT2D eigenvalue weighted by Crippen LogP contribution is 2.38. The number of nitrogens with one attached hydrogen (secondary N) is 3. The van der Waals surface area contributed by atoms with E-state index in [-0.39, 0.29) is 36.8 Å². The Balaban J connectivity index is 1.32. The van der Waals surface area contributed by atoms with Crippen molar-refractivity contribution < 1.29 is 29.3 Å². The van der Waals surface area contributed by atoms with E-state index in [1.807, 2.05) is 30.3 Å². The molecule has 4 rings (SSSR count). The number of rotatable bonds is 14. The molecule has 42 heavy (non-hydrogen) atoms. The predicted octanol–water partition coefficient (Wildman–Crippen LogP) is 4.37. The zero-order valence-corrected chi connectivity index (χ0v) is 24.7. The highest BCUT2D eigenvalue weighted by atomic mass is 35.5. The van der Waals surface area contributed by atoms with Crippen molar-refractivity contribution in [2.45, 2.75) is 94.5 Å². The van der Waals surface area contributed by atoms with Crippen LogP contribution in [0.3, 0.4) is 0 Å². The van der Waals surface area contributed by atoms with Crippen LogP contribution in [0.15, 0.2) is 54.6 Å². The number of alkyl carbamates (subject to hydrolysis) is 1. The van der Waals surface area contributed by atoms with Gasteiger partial charge in [-0.05, 0) is 54.9 Å². The van der Waals surface area contributed by atoms with E-state index in [1.165, 1.54) is 0 Å². The molecule has 10 heteroatoms. The minimum Gasteiger partial charge on any atom is -0.445 e. The number of halogens is 1. The molecule has 2 aromatic carbocycles. The summed E-state index contributed by atoms with van der Waals surface area (Å²) in [6.45, 7) is -0.803. The molecule has 5 N–H and O–H groups in total. The van der Waals surface area contributed by atoms with E-state index in [2.05, 4.69) is 16.0 Å². The monoisotopic (exact) mass is 599 g/mol. The van der Waals surface area contributed by atoms with Gasteiger partial charge in [0.15, 0.2) is 5.72 Å². The SMILES string of the molecule is O=C(CCC(O)(CO)NC(=O)[C@H](CC1CCCCC1)NC(=O)OCc1cccc(Cl)c1)NC1(Cc2ccccc2)CC1. The number of amides is 3. The normalized spacial score (nSPS) is 18.3. The molecule has 2 aliphatic rings. The Kier molecular flexibility index (Phi) is 11.2. The Hall–Kier alpha value is -3.14. The van der Waals surface area contributed by atoms with Gasteiger partial charge in [-0.25, -0.2) is 4.79 Å². The van der Waals surface area contributed by atoms with E-state index >= 15 is 0 Å². The molecular weight excluding hydrogens is 558 g/mol. The van der Waals surface area contributed by atoms with Gasteiger partial charge in [0.25, 0.3) is 0 Å². The Morgan fingerprint density at radius 2 is 1.74 bits per heavy atom.